The SMILES string of the molecule is O=C(Nc1nncs1)[C@H]1CCCN1. The lowest BCUT2D eigenvalue weighted by molar-refractivity contribution is -0.117. The van der Waals surface area contributed by atoms with Crippen molar-refractivity contribution < 1.29 is 4.79 Å². The lowest BCUT2D eigenvalue weighted by atomic mass is 10.2. The van der Waals surface area contributed by atoms with Gasteiger partial charge in [0.1, 0.15) is 5.51 Å². The van der Waals surface area contributed by atoms with Crippen LogP contribution in [0.1, 0.15) is 12.8 Å². The first-order valence-corrected chi connectivity index (χ1v) is 5.04. The Balaban J connectivity index is 1.91. The maximum Gasteiger partial charge on any atom is 0.243 e. The van der Waals surface area contributed by atoms with E-state index in [1.54, 1.807) is 5.51 Å². The second-order valence-corrected chi connectivity index (χ2v) is 3.72. The number of hydrogen-bond donors (Lipinski definition) is 2. The molecule has 0 spiro atoms. The second kappa shape index (κ2) is 3.80. The predicted octanol–water partition coefficient (Wildman–Crippen LogP) is 0.229. The summed E-state index contributed by atoms with van der Waals surface area (Å²) < 4.78 is 0. The molecule has 0 aliphatic carbocycles. The standard InChI is InChI=1S/C7H10N4OS/c12-6(5-2-1-3-8-5)10-7-11-9-4-13-7/h4-5,8H,1-3H2,(H,10,11,12)/t5-/m1/s1. The third kappa shape index (κ3) is 2.02. The van der Waals surface area contributed by atoms with Crippen molar-refractivity contribution in [1.29, 1.82) is 0 Å². The largest absolute Gasteiger partial charge is 0.306 e. The van der Waals surface area contributed by atoms with Crippen LogP contribution in [0.4, 0.5) is 5.13 Å². The summed E-state index contributed by atoms with van der Waals surface area (Å²) in [7, 11) is 0. The van der Waals surface area contributed by atoms with Crippen molar-refractivity contribution in [2.75, 3.05) is 11.9 Å². The Morgan fingerprint density at radius 2 is 2.69 bits per heavy atom. The lowest BCUT2D eigenvalue weighted by Crippen LogP contribution is -2.35. The van der Waals surface area contributed by atoms with Crippen molar-refractivity contribution in [2.24, 2.45) is 0 Å². The first-order valence-electron chi connectivity index (χ1n) is 4.16. The number of carbonyl (C=O) groups is 1. The van der Waals surface area contributed by atoms with Crippen molar-refractivity contribution in [1.82, 2.24) is 15.5 Å². The van der Waals surface area contributed by atoms with E-state index < -0.39 is 0 Å². The van der Waals surface area contributed by atoms with Crippen LogP contribution in [0, 0.1) is 0 Å². The Labute approximate surface area is 79.6 Å². The number of carbonyl (C=O) groups excluding carboxylic acids is 1. The van der Waals surface area contributed by atoms with Crippen molar-refractivity contribution in [3.8, 4) is 0 Å². The molecule has 0 bridgehead atoms. The summed E-state index contributed by atoms with van der Waals surface area (Å²) in [6, 6.07) is -0.0519. The fourth-order valence-corrected chi connectivity index (χ4v) is 1.78. The minimum Gasteiger partial charge on any atom is -0.306 e. The molecule has 6 heteroatoms. The summed E-state index contributed by atoms with van der Waals surface area (Å²) in [5.41, 5.74) is 1.59. The molecule has 0 saturated carbocycles. The quantitative estimate of drug-likeness (QED) is 0.713. The fraction of sp³-hybridized carbons (Fsp3) is 0.571. The van der Waals surface area contributed by atoms with Crippen LogP contribution in [-0.2, 0) is 4.79 Å². The molecule has 2 rings (SSSR count). The molecular formula is C7H10N4OS. The molecule has 5 nitrogen and oxygen atoms in total. The molecule has 0 unspecified atom stereocenters. The average Bonchev–Trinajstić information content (AvgIpc) is 2.74. The predicted molar refractivity (Wildman–Crippen MR) is 49.6 cm³/mol. The highest BCUT2D eigenvalue weighted by Gasteiger charge is 2.22. The number of hydrogen-bond acceptors (Lipinski definition) is 5. The summed E-state index contributed by atoms with van der Waals surface area (Å²) in [6.07, 6.45) is 1.97. The van der Waals surface area contributed by atoms with Gasteiger partial charge in [0.2, 0.25) is 11.0 Å². The summed E-state index contributed by atoms with van der Waals surface area (Å²) in [5, 5.41) is 13.8. The van der Waals surface area contributed by atoms with E-state index in [-0.39, 0.29) is 11.9 Å². The van der Waals surface area contributed by atoms with Gasteiger partial charge in [0.15, 0.2) is 0 Å². The normalized spacial score (nSPS) is 21.7. The van der Waals surface area contributed by atoms with Gasteiger partial charge >= 0.3 is 0 Å². The summed E-state index contributed by atoms with van der Waals surface area (Å²) >= 11 is 1.33. The highest BCUT2D eigenvalue weighted by Crippen LogP contribution is 2.11. The number of anilines is 1. The summed E-state index contributed by atoms with van der Waals surface area (Å²) in [4.78, 5) is 11.5. The summed E-state index contributed by atoms with van der Waals surface area (Å²) in [5.74, 6) is -0.00532. The Morgan fingerprint density at radius 1 is 1.77 bits per heavy atom. The number of nitrogens with zero attached hydrogens (tertiary/aromatic N) is 2. The molecule has 70 valence electrons. The van der Waals surface area contributed by atoms with Crippen molar-refractivity contribution in [3.63, 3.8) is 0 Å². The lowest BCUT2D eigenvalue weighted by Gasteiger charge is -2.07. The Hall–Kier alpha value is -1.01. The van der Waals surface area contributed by atoms with E-state index in [2.05, 4.69) is 20.8 Å². The third-order valence-corrected chi connectivity index (χ3v) is 2.57. The molecule has 1 aromatic rings. The van der Waals surface area contributed by atoms with Gasteiger partial charge in [-0.3, -0.25) is 10.1 Å². The average molecular weight is 198 g/mol. The molecule has 0 aromatic carbocycles. The molecule has 1 aliphatic rings. The molecule has 1 aliphatic heterocycles. The number of nitrogens with one attached hydrogen (secondary N) is 2. The van der Waals surface area contributed by atoms with Gasteiger partial charge in [-0.05, 0) is 19.4 Å². The van der Waals surface area contributed by atoms with Crippen molar-refractivity contribution >= 4 is 22.4 Å². The zero-order chi connectivity index (χ0) is 9.10. The molecule has 1 fully saturated rings. The fourth-order valence-electron chi connectivity index (χ4n) is 1.33. The van der Waals surface area contributed by atoms with E-state index in [0.29, 0.717) is 5.13 Å². The van der Waals surface area contributed by atoms with Gasteiger partial charge in [0.25, 0.3) is 0 Å². The molecule has 0 radical (unpaired) electrons. The monoisotopic (exact) mass is 198 g/mol. The highest BCUT2D eigenvalue weighted by atomic mass is 32.1. The summed E-state index contributed by atoms with van der Waals surface area (Å²) in [6.45, 7) is 0.925. The van der Waals surface area contributed by atoms with Crippen LogP contribution in [-0.4, -0.2) is 28.7 Å². The van der Waals surface area contributed by atoms with Gasteiger partial charge in [-0.1, -0.05) is 11.3 Å². The van der Waals surface area contributed by atoms with Gasteiger partial charge in [-0.2, -0.15) is 0 Å². The van der Waals surface area contributed by atoms with Crippen molar-refractivity contribution in [2.45, 2.75) is 18.9 Å². The van der Waals surface area contributed by atoms with Crippen LogP contribution in [0.25, 0.3) is 0 Å². The molecule has 13 heavy (non-hydrogen) atoms. The molecule has 1 aromatic heterocycles. The van der Waals surface area contributed by atoms with Crippen LogP contribution in [0.3, 0.4) is 0 Å². The smallest absolute Gasteiger partial charge is 0.243 e. The van der Waals surface area contributed by atoms with E-state index in [1.165, 1.54) is 11.3 Å². The first kappa shape index (κ1) is 8.58. The van der Waals surface area contributed by atoms with Gasteiger partial charge in [0.05, 0.1) is 6.04 Å². The maximum atomic E-state index is 11.5. The van der Waals surface area contributed by atoms with E-state index in [9.17, 15) is 4.79 Å². The number of rotatable bonds is 2. The van der Waals surface area contributed by atoms with E-state index in [0.717, 1.165) is 19.4 Å². The molecular weight excluding hydrogens is 188 g/mol. The van der Waals surface area contributed by atoms with Crippen LogP contribution < -0.4 is 10.6 Å². The van der Waals surface area contributed by atoms with Crippen molar-refractivity contribution in [3.05, 3.63) is 5.51 Å². The minimum atomic E-state index is -0.0519. The van der Waals surface area contributed by atoms with Crippen LogP contribution >= 0.6 is 11.3 Å². The molecule has 2 N–H and O–H groups in total. The topological polar surface area (TPSA) is 66.9 Å². The number of aromatic nitrogens is 2. The molecule has 1 saturated heterocycles. The highest BCUT2D eigenvalue weighted by molar-refractivity contribution is 7.13. The van der Waals surface area contributed by atoms with E-state index >= 15 is 0 Å². The second-order valence-electron chi connectivity index (χ2n) is 2.88. The van der Waals surface area contributed by atoms with E-state index in [4.69, 9.17) is 0 Å². The molecule has 1 amide bonds. The number of amides is 1. The van der Waals surface area contributed by atoms with Gasteiger partial charge < -0.3 is 5.32 Å². The van der Waals surface area contributed by atoms with E-state index in [1.807, 2.05) is 0 Å². The molecule has 1 atom stereocenters. The van der Waals surface area contributed by atoms with Gasteiger partial charge in [-0.25, -0.2) is 0 Å². The van der Waals surface area contributed by atoms with Crippen LogP contribution in [0.15, 0.2) is 5.51 Å². The third-order valence-electron chi connectivity index (χ3n) is 1.97. The van der Waals surface area contributed by atoms with Crippen LogP contribution in [0.2, 0.25) is 0 Å². The van der Waals surface area contributed by atoms with Crippen LogP contribution in [0.5, 0.6) is 0 Å². The Kier molecular flexibility index (Phi) is 2.51. The zero-order valence-electron chi connectivity index (χ0n) is 6.99. The Bertz CT molecular complexity index is 281. The maximum absolute atomic E-state index is 11.5. The molecule has 2 heterocycles. The first-order chi connectivity index (χ1) is 6.36. The van der Waals surface area contributed by atoms with Gasteiger partial charge in [-0.15, -0.1) is 10.2 Å². The Morgan fingerprint density at radius 3 is 3.31 bits per heavy atom. The zero-order valence-corrected chi connectivity index (χ0v) is 7.80. The minimum absolute atomic E-state index is 0.00532. The van der Waals surface area contributed by atoms with Gasteiger partial charge in [0, 0.05) is 0 Å².